The number of nitrogens with zero attached hydrogens (tertiary/aromatic N) is 2. The molecule has 174 valence electrons. The van der Waals surface area contributed by atoms with Crippen LogP contribution in [0, 0.1) is 0 Å². The maximum Gasteiger partial charge on any atom is 0.322 e. The molecule has 2 aromatic heterocycles. The van der Waals surface area contributed by atoms with Gasteiger partial charge in [-0.15, -0.1) is 0 Å². The molecule has 0 aliphatic rings. The molecule has 2 aromatic rings. The van der Waals surface area contributed by atoms with E-state index in [1.165, 1.54) is 32.0 Å². The molecule has 14 nitrogen and oxygen atoms in total. The van der Waals surface area contributed by atoms with Crippen molar-refractivity contribution in [1.82, 2.24) is 35.9 Å². The smallest absolute Gasteiger partial charge is 0.322 e. The van der Waals surface area contributed by atoms with E-state index in [2.05, 4.69) is 35.9 Å². The quantitative estimate of drug-likeness (QED) is 0.162. The van der Waals surface area contributed by atoms with Gasteiger partial charge in [-0.3, -0.25) is 19.2 Å². The summed E-state index contributed by atoms with van der Waals surface area (Å²) in [5.41, 5.74) is 6.97. The first-order valence-corrected chi connectivity index (χ1v) is 9.65. The molecule has 0 saturated carbocycles. The van der Waals surface area contributed by atoms with Gasteiger partial charge < -0.3 is 41.9 Å². The van der Waals surface area contributed by atoms with Crippen molar-refractivity contribution in [2.24, 2.45) is 5.73 Å². The lowest BCUT2D eigenvalue weighted by Crippen LogP contribution is -2.59. The molecule has 0 saturated heterocycles. The predicted molar refractivity (Wildman–Crippen MR) is 109 cm³/mol. The highest BCUT2D eigenvalue weighted by atomic mass is 16.4. The molecule has 2 rings (SSSR count). The lowest BCUT2D eigenvalue weighted by Gasteiger charge is -2.25. The number of nitrogens with one attached hydrogen (secondary N) is 5. The Kier molecular flexibility index (Phi) is 8.85. The van der Waals surface area contributed by atoms with E-state index in [0.29, 0.717) is 11.4 Å². The molecule has 0 radical (unpaired) electrons. The number of imidazole rings is 2. The number of amides is 3. The summed E-state index contributed by atoms with van der Waals surface area (Å²) in [4.78, 5) is 61.6. The van der Waals surface area contributed by atoms with Crippen molar-refractivity contribution in [3.05, 3.63) is 36.4 Å². The molecule has 0 bridgehead atoms. The zero-order valence-corrected chi connectivity index (χ0v) is 17.2. The second kappa shape index (κ2) is 11.6. The lowest BCUT2D eigenvalue weighted by molar-refractivity contribution is -0.138. The third-order valence-electron chi connectivity index (χ3n) is 4.42. The molecule has 3 amide bonds. The van der Waals surface area contributed by atoms with Gasteiger partial charge in [0.05, 0.1) is 24.8 Å². The van der Waals surface area contributed by atoms with E-state index in [1.807, 2.05) is 0 Å². The second-order valence-corrected chi connectivity index (χ2v) is 7.07. The second-order valence-electron chi connectivity index (χ2n) is 7.07. The molecule has 0 spiro atoms. The molecule has 0 aliphatic carbocycles. The third kappa shape index (κ3) is 7.48. The molecule has 2 heterocycles. The van der Waals surface area contributed by atoms with Crippen molar-refractivity contribution in [2.75, 3.05) is 6.54 Å². The van der Waals surface area contributed by atoms with Crippen LogP contribution >= 0.6 is 0 Å². The van der Waals surface area contributed by atoms with E-state index in [0.717, 1.165) is 0 Å². The average molecular weight is 450 g/mol. The van der Waals surface area contributed by atoms with Gasteiger partial charge in [0.15, 0.2) is 0 Å². The van der Waals surface area contributed by atoms with Gasteiger partial charge in [0.2, 0.25) is 17.7 Å². The molecular weight excluding hydrogens is 424 g/mol. The molecule has 9 N–H and O–H groups in total. The van der Waals surface area contributed by atoms with Crippen molar-refractivity contribution >= 4 is 23.7 Å². The highest BCUT2D eigenvalue weighted by Crippen LogP contribution is 2.03. The number of rotatable bonds is 12. The van der Waals surface area contributed by atoms with Crippen LogP contribution in [0.2, 0.25) is 0 Å². The number of H-pyrrole nitrogens is 2. The van der Waals surface area contributed by atoms with Crippen LogP contribution in [0.3, 0.4) is 0 Å². The lowest BCUT2D eigenvalue weighted by atomic mass is 10.1. The van der Waals surface area contributed by atoms with Crippen LogP contribution in [0.25, 0.3) is 0 Å². The number of hydrogen-bond donors (Lipinski definition) is 8. The van der Waals surface area contributed by atoms with Crippen molar-refractivity contribution in [1.29, 1.82) is 0 Å². The molecule has 4 atom stereocenters. The largest absolute Gasteiger partial charge is 0.480 e. The Hall–Kier alpha value is -3.78. The number of aromatic amines is 2. The SMILES string of the molecule is CC(O)C(NC(=O)C(N)Cc1cnc[nH]1)C(=O)NC(Cc1cnc[nH]1)C(=O)NCC(=O)O. The van der Waals surface area contributed by atoms with Crippen molar-refractivity contribution in [3.63, 3.8) is 0 Å². The van der Waals surface area contributed by atoms with Crippen LogP contribution in [0.15, 0.2) is 25.0 Å². The molecular formula is C18H26N8O6. The van der Waals surface area contributed by atoms with Crippen molar-refractivity contribution in [2.45, 2.75) is 44.0 Å². The first-order chi connectivity index (χ1) is 15.2. The minimum Gasteiger partial charge on any atom is -0.480 e. The zero-order valence-electron chi connectivity index (χ0n) is 17.2. The van der Waals surface area contributed by atoms with Crippen LogP contribution < -0.4 is 21.7 Å². The normalized spacial score (nSPS) is 14.6. The Bertz CT molecular complexity index is 899. The van der Waals surface area contributed by atoms with Crippen LogP contribution in [0.1, 0.15) is 18.3 Å². The van der Waals surface area contributed by atoms with Crippen LogP contribution in [0.4, 0.5) is 0 Å². The Morgan fingerprint density at radius 1 is 1.00 bits per heavy atom. The number of aliphatic hydroxyl groups is 1. The maximum atomic E-state index is 12.8. The standard InChI is InChI=1S/C18H26N8O6/c1-9(27)15(26-16(30)12(19)2-10-4-20-7-23-10)18(32)25-13(3-11-5-21-8-24-11)17(31)22-6-14(28)29/h4-5,7-9,12-13,15,27H,2-3,6,19H2,1H3,(H,20,23)(H,21,24)(H,22,31)(H,25,32)(H,26,30)(H,28,29). The summed E-state index contributed by atoms with van der Waals surface area (Å²) in [6.07, 6.45) is 4.53. The number of aliphatic hydroxyl groups excluding tert-OH is 1. The molecule has 0 aromatic carbocycles. The molecule has 32 heavy (non-hydrogen) atoms. The van der Waals surface area contributed by atoms with Gasteiger partial charge in [-0.25, -0.2) is 9.97 Å². The van der Waals surface area contributed by atoms with E-state index < -0.39 is 54.5 Å². The van der Waals surface area contributed by atoms with E-state index >= 15 is 0 Å². The van der Waals surface area contributed by atoms with Gasteiger partial charge in [-0.1, -0.05) is 0 Å². The fraction of sp³-hybridized carbons (Fsp3) is 0.444. The maximum absolute atomic E-state index is 12.8. The Morgan fingerprint density at radius 2 is 1.59 bits per heavy atom. The van der Waals surface area contributed by atoms with Gasteiger partial charge in [-0.2, -0.15) is 0 Å². The first kappa shape index (κ1) is 24.5. The van der Waals surface area contributed by atoms with E-state index in [4.69, 9.17) is 10.8 Å². The predicted octanol–water partition coefficient (Wildman–Crippen LogP) is -3.20. The van der Waals surface area contributed by atoms with Gasteiger partial charge in [0, 0.05) is 36.6 Å². The highest BCUT2D eigenvalue weighted by molar-refractivity contribution is 5.94. The van der Waals surface area contributed by atoms with E-state index in [9.17, 15) is 24.3 Å². The minimum absolute atomic E-state index is 0.0307. The number of carboxylic acids is 1. The summed E-state index contributed by atoms with van der Waals surface area (Å²) >= 11 is 0. The Balaban J connectivity index is 2.06. The Morgan fingerprint density at radius 3 is 2.09 bits per heavy atom. The number of hydrogen-bond acceptors (Lipinski definition) is 8. The first-order valence-electron chi connectivity index (χ1n) is 9.65. The molecule has 0 aliphatic heterocycles. The molecule has 14 heteroatoms. The van der Waals surface area contributed by atoms with E-state index in [-0.39, 0.29) is 12.8 Å². The third-order valence-corrected chi connectivity index (χ3v) is 4.42. The number of carboxylic acid groups (broad SMARTS) is 1. The van der Waals surface area contributed by atoms with Crippen molar-refractivity contribution in [3.8, 4) is 0 Å². The van der Waals surface area contributed by atoms with Gasteiger partial charge in [0.25, 0.3) is 0 Å². The van der Waals surface area contributed by atoms with Gasteiger partial charge in [-0.05, 0) is 6.92 Å². The monoisotopic (exact) mass is 450 g/mol. The fourth-order valence-electron chi connectivity index (χ4n) is 2.76. The number of carbonyl (C=O) groups is 4. The molecule has 4 unspecified atom stereocenters. The average Bonchev–Trinajstić information content (AvgIpc) is 3.43. The Labute approximate surface area is 182 Å². The highest BCUT2D eigenvalue weighted by Gasteiger charge is 2.31. The number of nitrogens with two attached hydrogens (primary N) is 1. The summed E-state index contributed by atoms with van der Waals surface area (Å²) in [6.45, 7) is 0.645. The fourth-order valence-corrected chi connectivity index (χ4v) is 2.76. The number of carbonyl (C=O) groups excluding carboxylic acids is 3. The van der Waals surface area contributed by atoms with Crippen LogP contribution in [0.5, 0.6) is 0 Å². The summed E-state index contributed by atoms with van der Waals surface area (Å²) in [5.74, 6) is -3.56. The summed E-state index contributed by atoms with van der Waals surface area (Å²) in [6, 6.07) is -3.63. The minimum atomic E-state index is -1.41. The van der Waals surface area contributed by atoms with E-state index in [1.54, 1.807) is 0 Å². The topological polar surface area (TPSA) is 228 Å². The van der Waals surface area contributed by atoms with Crippen LogP contribution in [-0.4, -0.2) is 84.6 Å². The molecule has 0 fully saturated rings. The summed E-state index contributed by atoms with van der Waals surface area (Å²) < 4.78 is 0. The number of aromatic nitrogens is 4. The summed E-state index contributed by atoms with van der Waals surface area (Å²) in [7, 11) is 0. The summed E-state index contributed by atoms with van der Waals surface area (Å²) in [5, 5.41) is 25.8. The van der Waals surface area contributed by atoms with Gasteiger partial charge in [0.1, 0.15) is 18.6 Å². The van der Waals surface area contributed by atoms with Crippen LogP contribution in [-0.2, 0) is 32.0 Å². The van der Waals surface area contributed by atoms with Crippen molar-refractivity contribution < 1.29 is 29.4 Å². The number of aliphatic carboxylic acids is 1. The zero-order chi connectivity index (χ0) is 23.7. The van der Waals surface area contributed by atoms with Gasteiger partial charge >= 0.3 is 5.97 Å².